The molecule has 0 unspecified atom stereocenters. The van der Waals surface area contributed by atoms with Crippen LogP contribution in [0.4, 0.5) is 5.82 Å². The summed E-state index contributed by atoms with van der Waals surface area (Å²) < 4.78 is 4.93. The molecule has 4 nitrogen and oxygen atoms in total. The zero-order valence-electron chi connectivity index (χ0n) is 7.84. The summed E-state index contributed by atoms with van der Waals surface area (Å²) in [7, 11) is 1.70. The van der Waals surface area contributed by atoms with Crippen LogP contribution < -0.4 is 5.32 Å². The number of methoxy groups -OCH3 is 1. The average Bonchev–Trinajstić information content (AvgIpc) is 2.88. The first-order valence-electron chi connectivity index (χ1n) is 4.68. The number of hydrogen-bond donors (Lipinski definition) is 2. The van der Waals surface area contributed by atoms with E-state index in [1.807, 2.05) is 0 Å². The van der Waals surface area contributed by atoms with E-state index in [1.54, 1.807) is 7.11 Å². The molecule has 0 aliphatic heterocycles. The fraction of sp³-hybridized carbons (Fsp3) is 0.667. The third-order valence-electron chi connectivity index (χ3n) is 2.23. The Bertz CT molecular complexity index is 268. The molecule has 0 bridgehead atoms. The van der Waals surface area contributed by atoms with Crippen LogP contribution in [0.5, 0.6) is 0 Å². The first-order chi connectivity index (χ1) is 6.40. The maximum absolute atomic E-state index is 4.93. The Morgan fingerprint density at radius 3 is 3.23 bits per heavy atom. The molecule has 1 saturated carbocycles. The second-order valence-electron chi connectivity index (χ2n) is 3.40. The van der Waals surface area contributed by atoms with Crippen molar-refractivity contribution in [2.24, 2.45) is 0 Å². The fourth-order valence-corrected chi connectivity index (χ4v) is 1.31. The molecule has 0 aromatic carbocycles. The standard InChI is InChI=1S/C9H15N3O/c1-13-5-4-10-9-6-8(11-12-9)7-2-3-7/h6-7H,2-5H2,1H3,(H2,10,11,12). The van der Waals surface area contributed by atoms with E-state index in [0.29, 0.717) is 6.61 Å². The molecule has 1 fully saturated rings. The van der Waals surface area contributed by atoms with Crippen molar-refractivity contribution in [3.05, 3.63) is 11.8 Å². The van der Waals surface area contributed by atoms with E-state index in [0.717, 1.165) is 18.3 Å². The van der Waals surface area contributed by atoms with Crippen molar-refractivity contribution in [1.82, 2.24) is 10.2 Å². The van der Waals surface area contributed by atoms with Crippen LogP contribution in [0.2, 0.25) is 0 Å². The highest BCUT2D eigenvalue weighted by Gasteiger charge is 2.25. The summed E-state index contributed by atoms with van der Waals surface area (Å²) in [5.74, 6) is 1.67. The molecule has 1 heterocycles. The lowest BCUT2D eigenvalue weighted by Gasteiger charge is -1.99. The zero-order chi connectivity index (χ0) is 9.10. The summed E-state index contributed by atoms with van der Waals surface area (Å²) in [4.78, 5) is 0. The summed E-state index contributed by atoms with van der Waals surface area (Å²) >= 11 is 0. The zero-order valence-corrected chi connectivity index (χ0v) is 7.84. The van der Waals surface area contributed by atoms with Crippen LogP contribution in [-0.2, 0) is 4.74 Å². The van der Waals surface area contributed by atoms with Gasteiger partial charge in [0.2, 0.25) is 0 Å². The first kappa shape index (κ1) is 8.56. The summed E-state index contributed by atoms with van der Waals surface area (Å²) in [5.41, 5.74) is 1.26. The number of aromatic amines is 1. The third kappa shape index (κ3) is 2.21. The van der Waals surface area contributed by atoms with Crippen molar-refractivity contribution >= 4 is 5.82 Å². The lowest BCUT2D eigenvalue weighted by molar-refractivity contribution is 0.210. The highest BCUT2D eigenvalue weighted by Crippen LogP contribution is 2.39. The first-order valence-corrected chi connectivity index (χ1v) is 4.68. The molecule has 72 valence electrons. The van der Waals surface area contributed by atoms with Gasteiger partial charge in [0.15, 0.2) is 0 Å². The third-order valence-corrected chi connectivity index (χ3v) is 2.23. The molecule has 1 aromatic heterocycles. The van der Waals surface area contributed by atoms with Crippen LogP contribution >= 0.6 is 0 Å². The molecule has 2 N–H and O–H groups in total. The largest absolute Gasteiger partial charge is 0.383 e. The quantitative estimate of drug-likeness (QED) is 0.674. The summed E-state index contributed by atoms with van der Waals surface area (Å²) in [6.45, 7) is 1.52. The van der Waals surface area contributed by atoms with Crippen molar-refractivity contribution in [2.45, 2.75) is 18.8 Å². The number of anilines is 1. The van der Waals surface area contributed by atoms with Gasteiger partial charge in [0, 0.05) is 31.3 Å². The Kier molecular flexibility index (Phi) is 2.49. The Morgan fingerprint density at radius 1 is 1.69 bits per heavy atom. The van der Waals surface area contributed by atoms with E-state index in [4.69, 9.17) is 4.74 Å². The summed E-state index contributed by atoms with van der Waals surface area (Å²) in [5, 5.41) is 10.4. The lowest BCUT2D eigenvalue weighted by atomic mass is 10.3. The summed E-state index contributed by atoms with van der Waals surface area (Å²) in [6.07, 6.45) is 2.61. The van der Waals surface area contributed by atoms with Crippen molar-refractivity contribution < 1.29 is 4.74 Å². The second kappa shape index (κ2) is 3.79. The Labute approximate surface area is 77.7 Å². The van der Waals surface area contributed by atoms with E-state index in [9.17, 15) is 0 Å². The molecule has 0 amide bonds. The van der Waals surface area contributed by atoms with Crippen LogP contribution in [-0.4, -0.2) is 30.5 Å². The van der Waals surface area contributed by atoms with Gasteiger partial charge < -0.3 is 10.1 Å². The molecule has 4 heteroatoms. The number of nitrogens with one attached hydrogen (secondary N) is 2. The summed E-state index contributed by atoms with van der Waals surface area (Å²) in [6, 6.07) is 2.09. The highest BCUT2D eigenvalue weighted by atomic mass is 16.5. The number of ether oxygens (including phenoxy) is 1. The molecule has 0 atom stereocenters. The Morgan fingerprint density at radius 2 is 2.54 bits per heavy atom. The molecule has 1 aliphatic rings. The molecule has 2 rings (SSSR count). The Hall–Kier alpha value is -1.03. The van der Waals surface area contributed by atoms with Crippen LogP contribution in [0.15, 0.2) is 6.07 Å². The minimum Gasteiger partial charge on any atom is -0.383 e. The van der Waals surface area contributed by atoms with Gasteiger partial charge in [-0.25, -0.2) is 0 Å². The molecule has 0 radical (unpaired) electrons. The van der Waals surface area contributed by atoms with Gasteiger partial charge in [0.25, 0.3) is 0 Å². The minimum atomic E-state index is 0.714. The van der Waals surface area contributed by atoms with Gasteiger partial charge in [-0.2, -0.15) is 5.10 Å². The fourth-order valence-electron chi connectivity index (χ4n) is 1.31. The van der Waals surface area contributed by atoms with Crippen molar-refractivity contribution in [3.8, 4) is 0 Å². The molecule has 13 heavy (non-hydrogen) atoms. The molecule has 0 spiro atoms. The van der Waals surface area contributed by atoms with Gasteiger partial charge >= 0.3 is 0 Å². The van der Waals surface area contributed by atoms with Crippen molar-refractivity contribution in [2.75, 3.05) is 25.6 Å². The minimum absolute atomic E-state index is 0.714. The van der Waals surface area contributed by atoms with Crippen LogP contribution in [0.1, 0.15) is 24.5 Å². The highest BCUT2D eigenvalue weighted by molar-refractivity contribution is 5.37. The van der Waals surface area contributed by atoms with Gasteiger partial charge in [-0.1, -0.05) is 0 Å². The lowest BCUT2D eigenvalue weighted by Crippen LogP contribution is -2.07. The van der Waals surface area contributed by atoms with E-state index in [-0.39, 0.29) is 0 Å². The normalized spacial score (nSPS) is 16.1. The van der Waals surface area contributed by atoms with Crippen LogP contribution in [0.25, 0.3) is 0 Å². The van der Waals surface area contributed by atoms with Gasteiger partial charge in [-0.05, 0) is 12.8 Å². The van der Waals surface area contributed by atoms with Gasteiger partial charge in [-0.15, -0.1) is 0 Å². The van der Waals surface area contributed by atoms with Crippen molar-refractivity contribution in [1.29, 1.82) is 0 Å². The van der Waals surface area contributed by atoms with Crippen molar-refractivity contribution in [3.63, 3.8) is 0 Å². The van der Waals surface area contributed by atoms with E-state index < -0.39 is 0 Å². The average molecular weight is 181 g/mol. The maximum Gasteiger partial charge on any atom is 0.148 e. The topological polar surface area (TPSA) is 49.9 Å². The van der Waals surface area contributed by atoms with Gasteiger partial charge in [0.1, 0.15) is 5.82 Å². The predicted octanol–water partition coefficient (Wildman–Crippen LogP) is 1.35. The van der Waals surface area contributed by atoms with Crippen LogP contribution in [0, 0.1) is 0 Å². The molecular weight excluding hydrogens is 166 g/mol. The van der Waals surface area contributed by atoms with Gasteiger partial charge in [-0.3, -0.25) is 5.10 Å². The van der Waals surface area contributed by atoms with Crippen LogP contribution in [0.3, 0.4) is 0 Å². The van der Waals surface area contributed by atoms with E-state index in [2.05, 4.69) is 21.6 Å². The monoisotopic (exact) mass is 181 g/mol. The second-order valence-corrected chi connectivity index (χ2v) is 3.40. The predicted molar refractivity (Wildman–Crippen MR) is 50.9 cm³/mol. The van der Waals surface area contributed by atoms with E-state index in [1.165, 1.54) is 18.5 Å². The number of nitrogens with zero attached hydrogens (tertiary/aromatic N) is 1. The maximum atomic E-state index is 4.93. The number of aromatic nitrogens is 2. The SMILES string of the molecule is COCCNc1cc(C2CC2)[nH]n1. The smallest absolute Gasteiger partial charge is 0.148 e. The number of rotatable bonds is 5. The molecule has 1 aliphatic carbocycles. The molecular formula is C9H15N3O. The Balaban J connectivity index is 1.82. The molecule has 1 aromatic rings. The molecule has 0 saturated heterocycles. The number of hydrogen-bond acceptors (Lipinski definition) is 3. The van der Waals surface area contributed by atoms with E-state index >= 15 is 0 Å². The number of H-pyrrole nitrogens is 1. The van der Waals surface area contributed by atoms with Gasteiger partial charge in [0.05, 0.1) is 6.61 Å².